The SMILES string of the molecule is NS(=O)(=O)c1cccc(NC(=O)c2cc(Br)ccc2Br)c1. The molecule has 2 aromatic carbocycles. The minimum Gasteiger partial charge on any atom is -0.322 e. The Morgan fingerprint density at radius 3 is 2.48 bits per heavy atom. The van der Waals surface area contributed by atoms with E-state index in [9.17, 15) is 13.2 Å². The zero-order chi connectivity index (χ0) is 15.6. The van der Waals surface area contributed by atoms with Gasteiger partial charge in [0.2, 0.25) is 10.0 Å². The third-order valence-electron chi connectivity index (χ3n) is 2.59. The van der Waals surface area contributed by atoms with Gasteiger partial charge in [0.05, 0.1) is 10.5 Å². The largest absolute Gasteiger partial charge is 0.322 e. The molecule has 0 unspecified atom stereocenters. The average molecular weight is 434 g/mol. The first kappa shape index (κ1) is 16.2. The lowest BCUT2D eigenvalue weighted by molar-refractivity contribution is 0.102. The van der Waals surface area contributed by atoms with Gasteiger partial charge in [-0.2, -0.15) is 0 Å². The highest BCUT2D eigenvalue weighted by Gasteiger charge is 2.13. The Labute approximate surface area is 138 Å². The van der Waals surface area contributed by atoms with Crippen molar-refractivity contribution >= 4 is 53.5 Å². The van der Waals surface area contributed by atoms with E-state index >= 15 is 0 Å². The molecule has 0 heterocycles. The van der Waals surface area contributed by atoms with Gasteiger partial charge in [-0.1, -0.05) is 22.0 Å². The normalized spacial score (nSPS) is 11.2. The highest BCUT2D eigenvalue weighted by molar-refractivity contribution is 9.11. The molecule has 110 valence electrons. The van der Waals surface area contributed by atoms with E-state index < -0.39 is 10.0 Å². The number of halogens is 2. The number of primary sulfonamides is 1. The average Bonchev–Trinajstić information content (AvgIpc) is 2.41. The summed E-state index contributed by atoms with van der Waals surface area (Å²) in [7, 11) is -3.81. The summed E-state index contributed by atoms with van der Waals surface area (Å²) in [6.45, 7) is 0. The summed E-state index contributed by atoms with van der Waals surface area (Å²) in [6.07, 6.45) is 0. The fourth-order valence-corrected chi connectivity index (χ4v) is 2.97. The van der Waals surface area contributed by atoms with Gasteiger partial charge in [-0.15, -0.1) is 0 Å². The molecule has 2 aromatic rings. The number of rotatable bonds is 3. The number of amides is 1. The van der Waals surface area contributed by atoms with Gasteiger partial charge in [0.15, 0.2) is 0 Å². The standard InChI is InChI=1S/C13H10Br2N2O3S/c14-8-4-5-12(15)11(6-8)13(18)17-9-2-1-3-10(7-9)21(16,19)20/h1-7H,(H,17,18)(H2,16,19,20). The number of carbonyl (C=O) groups excluding carboxylic acids is 1. The van der Waals surface area contributed by atoms with Crippen molar-refractivity contribution in [1.29, 1.82) is 0 Å². The van der Waals surface area contributed by atoms with Crippen molar-refractivity contribution in [2.45, 2.75) is 4.90 Å². The van der Waals surface area contributed by atoms with Crippen molar-refractivity contribution in [3.05, 3.63) is 57.0 Å². The summed E-state index contributed by atoms with van der Waals surface area (Å²) in [5.74, 6) is -0.366. The summed E-state index contributed by atoms with van der Waals surface area (Å²) >= 11 is 6.58. The summed E-state index contributed by atoms with van der Waals surface area (Å²) < 4.78 is 24.0. The molecule has 0 saturated heterocycles. The lowest BCUT2D eigenvalue weighted by Gasteiger charge is -2.08. The second-order valence-corrected chi connectivity index (χ2v) is 7.48. The highest BCUT2D eigenvalue weighted by atomic mass is 79.9. The summed E-state index contributed by atoms with van der Waals surface area (Å²) in [5, 5.41) is 7.69. The van der Waals surface area contributed by atoms with Crippen LogP contribution in [0.2, 0.25) is 0 Å². The second-order valence-electron chi connectivity index (χ2n) is 4.15. The van der Waals surface area contributed by atoms with Crippen LogP contribution in [0.1, 0.15) is 10.4 Å². The van der Waals surface area contributed by atoms with Crippen molar-refractivity contribution in [2.24, 2.45) is 5.14 Å². The molecule has 0 radical (unpaired) electrons. The molecular formula is C13H10Br2N2O3S. The second kappa shape index (κ2) is 6.27. The Balaban J connectivity index is 2.30. The van der Waals surface area contributed by atoms with E-state index in [-0.39, 0.29) is 10.8 Å². The Bertz CT molecular complexity index is 807. The van der Waals surface area contributed by atoms with Crippen molar-refractivity contribution < 1.29 is 13.2 Å². The first-order valence-electron chi connectivity index (χ1n) is 5.66. The Morgan fingerprint density at radius 1 is 1.10 bits per heavy atom. The van der Waals surface area contributed by atoms with Gasteiger partial charge in [0.1, 0.15) is 0 Å². The van der Waals surface area contributed by atoms with Crippen LogP contribution in [0.5, 0.6) is 0 Å². The first-order chi connectivity index (χ1) is 9.77. The van der Waals surface area contributed by atoms with Crippen molar-refractivity contribution in [3.8, 4) is 0 Å². The van der Waals surface area contributed by atoms with Crippen LogP contribution in [0, 0.1) is 0 Å². The van der Waals surface area contributed by atoms with E-state index in [1.54, 1.807) is 24.3 Å². The molecule has 0 saturated carbocycles. The van der Waals surface area contributed by atoms with E-state index in [4.69, 9.17) is 5.14 Å². The molecule has 0 fully saturated rings. The van der Waals surface area contributed by atoms with Gasteiger partial charge in [-0.3, -0.25) is 4.79 Å². The van der Waals surface area contributed by atoms with E-state index in [2.05, 4.69) is 37.2 Å². The molecule has 8 heteroatoms. The monoisotopic (exact) mass is 432 g/mol. The van der Waals surface area contributed by atoms with Gasteiger partial charge >= 0.3 is 0 Å². The predicted molar refractivity (Wildman–Crippen MR) is 87.6 cm³/mol. The van der Waals surface area contributed by atoms with E-state index in [0.717, 1.165) is 4.47 Å². The Kier molecular flexibility index (Phi) is 4.82. The van der Waals surface area contributed by atoms with E-state index in [1.807, 2.05) is 0 Å². The number of nitrogens with one attached hydrogen (secondary N) is 1. The maximum absolute atomic E-state index is 12.2. The molecule has 1 amide bonds. The molecule has 5 nitrogen and oxygen atoms in total. The van der Waals surface area contributed by atoms with Gasteiger partial charge < -0.3 is 5.32 Å². The van der Waals surface area contributed by atoms with Crippen LogP contribution in [0.25, 0.3) is 0 Å². The molecular weight excluding hydrogens is 424 g/mol. The molecule has 2 rings (SSSR count). The van der Waals surface area contributed by atoms with E-state index in [0.29, 0.717) is 15.7 Å². The van der Waals surface area contributed by atoms with Crippen LogP contribution in [0.15, 0.2) is 56.3 Å². The molecule has 0 atom stereocenters. The summed E-state index contributed by atoms with van der Waals surface area (Å²) in [5.41, 5.74) is 0.767. The van der Waals surface area contributed by atoms with Crippen LogP contribution in [-0.2, 0) is 10.0 Å². The number of benzene rings is 2. The minimum atomic E-state index is -3.81. The van der Waals surface area contributed by atoms with Crippen molar-refractivity contribution in [2.75, 3.05) is 5.32 Å². The van der Waals surface area contributed by atoms with Crippen LogP contribution < -0.4 is 10.5 Å². The number of hydrogen-bond acceptors (Lipinski definition) is 3. The van der Waals surface area contributed by atoms with E-state index in [1.165, 1.54) is 18.2 Å². The van der Waals surface area contributed by atoms with Crippen LogP contribution in [-0.4, -0.2) is 14.3 Å². The third kappa shape index (κ3) is 4.13. The third-order valence-corrected chi connectivity index (χ3v) is 4.69. The molecule has 0 spiro atoms. The molecule has 21 heavy (non-hydrogen) atoms. The zero-order valence-electron chi connectivity index (χ0n) is 10.5. The summed E-state index contributed by atoms with van der Waals surface area (Å²) in [4.78, 5) is 12.1. The molecule has 0 aliphatic heterocycles. The molecule has 0 aromatic heterocycles. The molecule has 0 aliphatic carbocycles. The quantitative estimate of drug-likeness (QED) is 0.779. The maximum atomic E-state index is 12.2. The van der Waals surface area contributed by atoms with Crippen molar-refractivity contribution in [3.63, 3.8) is 0 Å². The van der Waals surface area contributed by atoms with Gasteiger partial charge in [0, 0.05) is 14.6 Å². The molecule has 0 bridgehead atoms. The molecule has 3 N–H and O–H groups in total. The Morgan fingerprint density at radius 2 is 1.81 bits per heavy atom. The maximum Gasteiger partial charge on any atom is 0.256 e. The van der Waals surface area contributed by atoms with Gasteiger partial charge in [-0.25, -0.2) is 13.6 Å². The highest BCUT2D eigenvalue weighted by Crippen LogP contribution is 2.23. The zero-order valence-corrected chi connectivity index (χ0v) is 14.5. The summed E-state index contributed by atoms with van der Waals surface area (Å²) in [6, 6.07) is 10.9. The van der Waals surface area contributed by atoms with Crippen LogP contribution in [0.4, 0.5) is 5.69 Å². The van der Waals surface area contributed by atoms with Gasteiger partial charge in [-0.05, 0) is 52.3 Å². The fraction of sp³-hybridized carbons (Fsp3) is 0. The van der Waals surface area contributed by atoms with Gasteiger partial charge in [0.25, 0.3) is 5.91 Å². The number of sulfonamides is 1. The number of anilines is 1. The number of carbonyl (C=O) groups is 1. The lowest BCUT2D eigenvalue weighted by Crippen LogP contribution is -2.15. The van der Waals surface area contributed by atoms with Crippen LogP contribution >= 0.6 is 31.9 Å². The van der Waals surface area contributed by atoms with Crippen LogP contribution in [0.3, 0.4) is 0 Å². The van der Waals surface area contributed by atoms with Crippen molar-refractivity contribution in [1.82, 2.24) is 0 Å². The number of nitrogens with two attached hydrogens (primary N) is 1. The topological polar surface area (TPSA) is 89.3 Å². The predicted octanol–water partition coefficient (Wildman–Crippen LogP) is 3.11. The Hall–Kier alpha value is -1.22. The molecule has 0 aliphatic rings. The fourth-order valence-electron chi connectivity index (χ4n) is 1.62. The minimum absolute atomic E-state index is 0.0615. The first-order valence-corrected chi connectivity index (χ1v) is 8.80. The number of hydrogen-bond donors (Lipinski definition) is 2. The smallest absolute Gasteiger partial charge is 0.256 e. The lowest BCUT2D eigenvalue weighted by atomic mass is 10.2.